The minimum atomic E-state index is -3.51. The molecule has 6 nitrogen and oxygen atoms in total. The van der Waals surface area contributed by atoms with Gasteiger partial charge in [-0.1, -0.05) is 23.7 Å². The van der Waals surface area contributed by atoms with Crippen LogP contribution >= 0.6 is 34.7 Å². The molecule has 146 valence electrons. The van der Waals surface area contributed by atoms with Gasteiger partial charge in [-0.05, 0) is 30.5 Å². The number of hydrogen-bond donors (Lipinski definition) is 1. The molecule has 0 radical (unpaired) electrons. The highest BCUT2D eigenvalue weighted by Gasteiger charge is 2.30. The van der Waals surface area contributed by atoms with Crippen LogP contribution in [0.1, 0.15) is 0 Å². The van der Waals surface area contributed by atoms with E-state index in [1.54, 1.807) is 17.8 Å². The van der Waals surface area contributed by atoms with Crippen LogP contribution in [0.5, 0.6) is 0 Å². The summed E-state index contributed by atoms with van der Waals surface area (Å²) in [6, 6.07) is 10.8. The van der Waals surface area contributed by atoms with Gasteiger partial charge in [0, 0.05) is 31.1 Å². The summed E-state index contributed by atoms with van der Waals surface area (Å²) in [5.41, 5.74) is 0.797. The van der Waals surface area contributed by atoms with E-state index in [0.29, 0.717) is 30.5 Å². The Morgan fingerprint density at radius 1 is 1.19 bits per heavy atom. The summed E-state index contributed by atoms with van der Waals surface area (Å²) in [5.74, 6) is -0.0992. The molecule has 0 atom stereocenters. The quantitative estimate of drug-likeness (QED) is 0.692. The molecule has 0 unspecified atom stereocenters. The van der Waals surface area contributed by atoms with Gasteiger partial charge in [0.2, 0.25) is 5.91 Å². The predicted molar refractivity (Wildman–Crippen MR) is 111 cm³/mol. The molecular weight excluding hydrogens is 426 g/mol. The third kappa shape index (κ3) is 5.04. The highest BCUT2D eigenvalue weighted by molar-refractivity contribution is 7.98. The van der Waals surface area contributed by atoms with Crippen molar-refractivity contribution in [2.75, 3.05) is 44.3 Å². The first kappa shape index (κ1) is 20.6. The molecular formula is C17H20ClN3O3S3. The summed E-state index contributed by atoms with van der Waals surface area (Å²) in [7, 11) is -3.51. The molecule has 1 aromatic heterocycles. The third-order valence-electron chi connectivity index (χ3n) is 4.22. The van der Waals surface area contributed by atoms with Gasteiger partial charge in [-0.2, -0.15) is 4.31 Å². The molecule has 1 N–H and O–H groups in total. The smallest absolute Gasteiger partial charge is 0.252 e. The molecule has 1 aromatic carbocycles. The van der Waals surface area contributed by atoms with Crippen molar-refractivity contribution in [3.05, 3.63) is 40.7 Å². The summed E-state index contributed by atoms with van der Waals surface area (Å²) in [4.78, 5) is 15.3. The summed E-state index contributed by atoms with van der Waals surface area (Å²) in [5, 5.41) is 2.93. The lowest BCUT2D eigenvalue weighted by molar-refractivity contribution is -0.117. The van der Waals surface area contributed by atoms with Gasteiger partial charge in [0.1, 0.15) is 4.21 Å². The van der Waals surface area contributed by atoms with Gasteiger partial charge in [0.15, 0.2) is 0 Å². The number of carbonyl (C=O) groups excluding carboxylic acids is 1. The predicted octanol–water partition coefficient (Wildman–Crippen LogP) is 3.07. The van der Waals surface area contributed by atoms with Gasteiger partial charge in [0.05, 0.1) is 16.6 Å². The standard InChI is InChI=1S/C17H20ClN3O3S3/c1-25-14-5-3-2-4-13(14)19-16(22)12-20-8-10-21(11-9-20)27(23,24)17-7-6-15(18)26-17/h2-7H,8-12H2,1H3,(H,19,22). The van der Waals surface area contributed by atoms with Crippen LogP contribution in [0, 0.1) is 0 Å². The van der Waals surface area contributed by atoms with E-state index in [9.17, 15) is 13.2 Å². The molecule has 1 aliphatic rings. The maximum absolute atomic E-state index is 12.6. The average Bonchev–Trinajstić information content (AvgIpc) is 3.10. The first-order valence-electron chi connectivity index (χ1n) is 8.31. The van der Waals surface area contributed by atoms with Crippen molar-refractivity contribution in [3.63, 3.8) is 0 Å². The Kier molecular flexibility index (Phi) is 6.83. The van der Waals surface area contributed by atoms with E-state index < -0.39 is 10.0 Å². The Balaban J connectivity index is 1.54. The Morgan fingerprint density at radius 3 is 2.52 bits per heavy atom. The van der Waals surface area contributed by atoms with Crippen LogP contribution in [0.25, 0.3) is 0 Å². The topological polar surface area (TPSA) is 69.7 Å². The number of carbonyl (C=O) groups is 1. The number of anilines is 1. The molecule has 0 saturated carbocycles. The van der Waals surface area contributed by atoms with Crippen molar-refractivity contribution in [2.24, 2.45) is 0 Å². The number of thiophene rings is 1. The van der Waals surface area contributed by atoms with Crippen molar-refractivity contribution in [1.82, 2.24) is 9.21 Å². The Hall–Kier alpha value is -1.10. The van der Waals surface area contributed by atoms with Crippen molar-refractivity contribution in [1.29, 1.82) is 0 Å². The van der Waals surface area contributed by atoms with Crippen LogP contribution in [-0.4, -0.2) is 62.5 Å². The van der Waals surface area contributed by atoms with Gasteiger partial charge in [-0.15, -0.1) is 23.1 Å². The van der Waals surface area contributed by atoms with E-state index in [1.165, 1.54) is 10.4 Å². The fraction of sp³-hybridized carbons (Fsp3) is 0.353. The molecule has 10 heteroatoms. The molecule has 1 fully saturated rings. The minimum absolute atomic E-state index is 0.0992. The van der Waals surface area contributed by atoms with Crippen molar-refractivity contribution < 1.29 is 13.2 Å². The lowest BCUT2D eigenvalue weighted by Gasteiger charge is -2.33. The van der Waals surface area contributed by atoms with E-state index in [1.807, 2.05) is 35.4 Å². The highest BCUT2D eigenvalue weighted by atomic mass is 35.5. The Labute approximate surface area is 172 Å². The molecule has 0 aliphatic carbocycles. The minimum Gasteiger partial charge on any atom is -0.324 e. The normalized spacial score (nSPS) is 16.4. The van der Waals surface area contributed by atoms with E-state index in [-0.39, 0.29) is 16.7 Å². The first-order valence-corrected chi connectivity index (χ1v) is 12.2. The van der Waals surface area contributed by atoms with Crippen LogP contribution in [0.3, 0.4) is 0 Å². The van der Waals surface area contributed by atoms with E-state index >= 15 is 0 Å². The van der Waals surface area contributed by atoms with Gasteiger partial charge >= 0.3 is 0 Å². The summed E-state index contributed by atoms with van der Waals surface area (Å²) in [6.45, 7) is 1.96. The molecule has 1 aliphatic heterocycles. The number of hydrogen-bond acceptors (Lipinski definition) is 6. The number of para-hydroxylation sites is 1. The number of rotatable bonds is 6. The molecule has 0 spiro atoms. The third-order valence-corrected chi connectivity index (χ3v) is 8.62. The number of halogens is 1. The molecule has 27 heavy (non-hydrogen) atoms. The van der Waals surface area contributed by atoms with E-state index in [4.69, 9.17) is 11.6 Å². The number of piperazine rings is 1. The number of thioether (sulfide) groups is 1. The fourth-order valence-corrected chi connectivity index (χ4v) is 6.45. The zero-order valence-corrected chi connectivity index (χ0v) is 17.9. The first-order chi connectivity index (χ1) is 12.9. The molecule has 1 amide bonds. The largest absolute Gasteiger partial charge is 0.324 e. The van der Waals surface area contributed by atoms with Gasteiger partial charge in [-0.3, -0.25) is 9.69 Å². The van der Waals surface area contributed by atoms with Crippen LogP contribution < -0.4 is 5.32 Å². The van der Waals surface area contributed by atoms with Crippen molar-refractivity contribution in [2.45, 2.75) is 9.10 Å². The number of sulfonamides is 1. The second kappa shape index (κ2) is 8.93. The summed E-state index contributed by atoms with van der Waals surface area (Å²) in [6.07, 6.45) is 1.96. The Bertz CT molecular complexity index is 909. The fourth-order valence-electron chi connectivity index (χ4n) is 2.83. The molecule has 3 rings (SSSR count). The van der Waals surface area contributed by atoms with E-state index in [2.05, 4.69) is 5.32 Å². The summed E-state index contributed by atoms with van der Waals surface area (Å²) >= 11 is 8.49. The zero-order chi connectivity index (χ0) is 19.4. The lowest BCUT2D eigenvalue weighted by atomic mass is 10.3. The van der Waals surface area contributed by atoms with Crippen molar-refractivity contribution in [3.8, 4) is 0 Å². The maximum atomic E-state index is 12.6. The summed E-state index contributed by atoms with van der Waals surface area (Å²) < 4.78 is 27.4. The van der Waals surface area contributed by atoms with Gasteiger partial charge in [-0.25, -0.2) is 8.42 Å². The average molecular weight is 446 g/mol. The van der Waals surface area contributed by atoms with Crippen LogP contribution in [-0.2, 0) is 14.8 Å². The number of nitrogens with zero attached hydrogens (tertiary/aromatic N) is 2. The SMILES string of the molecule is CSc1ccccc1NC(=O)CN1CCN(S(=O)(=O)c2ccc(Cl)s2)CC1. The molecule has 2 aromatic rings. The monoisotopic (exact) mass is 445 g/mol. The number of amides is 1. The zero-order valence-electron chi connectivity index (χ0n) is 14.7. The Morgan fingerprint density at radius 2 is 1.89 bits per heavy atom. The highest BCUT2D eigenvalue weighted by Crippen LogP contribution is 2.28. The second-order valence-corrected chi connectivity index (χ2v) is 10.7. The van der Waals surface area contributed by atoms with Gasteiger partial charge in [0.25, 0.3) is 10.0 Å². The molecule has 0 bridgehead atoms. The molecule has 2 heterocycles. The lowest BCUT2D eigenvalue weighted by Crippen LogP contribution is -2.50. The van der Waals surface area contributed by atoms with E-state index in [0.717, 1.165) is 21.9 Å². The van der Waals surface area contributed by atoms with Crippen LogP contribution in [0.4, 0.5) is 5.69 Å². The van der Waals surface area contributed by atoms with Crippen LogP contribution in [0.15, 0.2) is 45.5 Å². The maximum Gasteiger partial charge on any atom is 0.252 e. The van der Waals surface area contributed by atoms with Gasteiger partial charge < -0.3 is 5.32 Å². The van der Waals surface area contributed by atoms with Crippen molar-refractivity contribution >= 4 is 56.3 Å². The number of nitrogens with one attached hydrogen (secondary N) is 1. The second-order valence-electron chi connectivity index (χ2n) is 5.99. The molecule has 1 saturated heterocycles. The number of benzene rings is 1. The van der Waals surface area contributed by atoms with Crippen LogP contribution in [0.2, 0.25) is 4.34 Å².